The number of aliphatic carboxylic acids is 1. The molecule has 0 aromatic rings. The minimum absolute atomic E-state index is 0.481. The quantitative estimate of drug-likeness (QED) is 0.796. The second-order valence-corrected chi connectivity index (χ2v) is 5.33. The molecule has 0 aromatic heterocycles. The van der Waals surface area contributed by atoms with E-state index in [9.17, 15) is 4.79 Å². The molecule has 2 aliphatic rings. The highest BCUT2D eigenvalue weighted by Gasteiger charge is 2.43. The van der Waals surface area contributed by atoms with Crippen LogP contribution < -0.4 is 0 Å². The summed E-state index contributed by atoms with van der Waals surface area (Å²) in [6, 6.07) is 2.65. The fourth-order valence-corrected chi connectivity index (χ4v) is 3.09. The van der Waals surface area contributed by atoms with Crippen molar-refractivity contribution in [1.82, 2.24) is 4.90 Å². The van der Waals surface area contributed by atoms with Gasteiger partial charge in [-0.1, -0.05) is 19.3 Å². The Labute approximate surface area is 102 Å². The lowest BCUT2D eigenvalue weighted by Crippen LogP contribution is -2.48. The SMILES string of the molecule is N#CC1(C(=O)O)CCN(C2CCCCC2)CC1. The van der Waals surface area contributed by atoms with Gasteiger partial charge in [0.25, 0.3) is 0 Å². The first-order chi connectivity index (χ1) is 8.18. The topological polar surface area (TPSA) is 64.3 Å². The van der Waals surface area contributed by atoms with Crippen LogP contribution in [-0.2, 0) is 4.79 Å². The molecule has 17 heavy (non-hydrogen) atoms. The van der Waals surface area contributed by atoms with Gasteiger partial charge in [0.05, 0.1) is 6.07 Å². The minimum atomic E-state index is -1.12. The number of nitriles is 1. The Bertz CT molecular complexity index is 321. The standard InChI is InChI=1S/C13H20N2O2/c14-10-13(12(16)17)6-8-15(9-7-13)11-4-2-1-3-5-11/h11H,1-9H2,(H,16,17). The van der Waals surface area contributed by atoms with Gasteiger partial charge in [0, 0.05) is 19.1 Å². The molecule has 1 heterocycles. The zero-order valence-corrected chi connectivity index (χ0v) is 10.2. The minimum Gasteiger partial charge on any atom is -0.480 e. The van der Waals surface area contributed by atoms with Gasteiger partial charge in [0.15, 0.2) is 5.41 Å². The van der Waals surface area contributed by atoms with Gasteiger partial charge in [-0.25, -0.2) is 0 Å². The molecular formula is C13H20N2O2. The summed E-state index contributed by atoms with van der Waals surface area (Å²) in [6.07, 6.45) is 7.37. The number of carboxylic acids is 1. The first kappa shape index (κ1) is 12.4. The van der Waals surface area contributed by atoms with Crippen molar-refractivity contribution in [1.29, 1.82) is 5.26 Å². The molecule has 0 aromatic carbocycles. The lowest BCUT2D eigenvalue weighted by atomic mass is 9.79. The van der Waals surface area contributed by atoms with Crippen LogP contribution in [0.4, 0.5) is 0 Å². The monoisotopic (exact) mass is 236 g/mol. The zero-order valence-electron chi connectivity index (χ0n) is 10.2. The van der Waals surface area contributed by atoms with E-state index in [1.54, 1.807) is 0 Å². The first-order valence-corrected chi connectivity index (χ1v) is 6.57. The van der Waals surface area contributed by atoms with Crippen LogP contribution in [0.3, 0.4) is 0 Å². The van der Waals surface area contributed by atoms with Gasteiger partial charge in [0.2, 0.25) is 0 Å². The summed E-state index contributed by atoms with van der Waals surface area (Å²) < 4.78 is 0. The molecule has 4 nitrogen and oxygen atoms in total. The number of carboxylic acid groups (broad SMARTS) is 1. The zero-order chi connectivity index (χ0) is 12.3. The summed E-state index contributed by atoms with van der Waals surface area (Å²) in [7, 11) is 0. The summed E-state index contributed by atoms with van der Waals surface area (Å²) in [6.45, 7) is 1.54. The number of rotatable bonds is 2. The highest BCUT2D eigenvalue weighted by atomic mass is 16.4. The smallest absolute Gasteiger partial charge is 0.324 e. The van der Waals surface area contributed by atoms with Gasteiger partial charge in [0.1, 0.15) is 0 Å². The second kappa shape index (κ2) is 5.05. The number of hydrogen-bond acceptors (Lipinski definition) is 3. The van der Waals surface area contributed by atoms with Gasteiger partial charge in [-0.2, -0.15) is 5.26 Å². The third kappa shape index (κ3) is 2.44. The van der Waals surface area contributed by atoms with Crippen LogP contribution in [-0.4, -0.2) is 35.1 Å². The van der Waals surface area contributed by atoms with E-state index < -0.39 is 11.4 Å². The van der Waals surface area contributed by atoms with E-state index in [0.717, 1.165) is 13.1 Å². The molecule has 0 bridgehead atoms. The predicted molar refractivity (Wildman–Crippen MR) is 63.4 cm³/mol. The number of piperidine rings is 1. The van der Waals surface area contributed by atoms with Crippen molar-refractivity contribution < 1.29 is 9.90 Å². The van der Waals surface area contributed by atoms with Crippen LogP contribution in [0.25, 0.3) is 0 Å². The Hall–Kier alpha value is -1.08. The molecule has 1 aliphatic carbocycles. The summed E-state index contributed by atoms with van der Waals surface area (Å²) in [4.78, 5) is 13.5. The number of likely N-dealkylation sites (tertiary alicyclic amines) is 1. The van der Waals surface area contributed by atoms with E-state index in [1.165, 1.54) is 32.1 Å². The highest BCUT2D eigenvalue weighted by Crippen LogP contribution is 2.34. The molecule has 2 fully saturated rings. The van der Waals surface area contributed by atoms with Crippen LogP contribution in [0.1, 0.15) is 44.9 Å². The highest BCUT2D eigenvalue weighted by molar-refractivity contribution is 5.78. The fraction of sp³-hybridized carbons (Fsp3) is 0.846. The normalized spacial score (nSPS) is 26.3. The van der Waals surface area contributed by atoms with Gasteiger partial charge < -0.3 is 10.0 Å². The number of nitrogens with zero attached hydrogens (tertiary/aromatic N) is 2. The van der Waals surface area contributed by atoms with Crippen LogP contribution in [0.15, 0.2) is 0 Å². The summed E-state index contributed by atoms with van der Waals surface area (Å²) in [5.74, 6) is -0.941. The van der Waals surface area contributed by atoms with Crippen molar-refractivity contribution in [3.8, 4) is 6.07 Å². The van der Waals surface area contributed by atoms with Gasteiger partial charge in [-0.15, -0.1) is 0 Å². The molecular weight excluding hydrogens is 216 g/mol. The molecule has 0 atom stereocenters. The molecule has 0 amide bonds. The first-order valence-electron chi connectivity index (χ1n) is 6.57. The molecule has 0 spiro atoms. The van der Waals surface area contributed by atoms with Crippen molar-refractivity contribution in [2.75, 3.05) is 13.1 Å². The van der Waals surface area contributed by atoms with Crippen LogP contribution in [0.5, 0.6) is 0 Å². The lowest BCUT2D eigenvalue weighted by molar-refractivity contribution is -0.148. The summed E-state index contributed by atoms with van der Waals surface area (Å²) in [5.41, 5.74) is -1.12. The van der Waals surface area contributed by atoms with Crippen LogP contribution >= 0.6 is 0 Å². The van der Waals surface area contributed by atoms with E-state index in [2.05, 4.69) is 4.90 Å². The van der Waals surface area contributed by atoms with E-state index >= 15 is 0 Å². The molecule has 1 aliphatic heterocycles. The van der Waals surface area contributed by atoms with Crippen molar-refractivity contribution in [3.05, 3.63) is 0 Å². The summed E-state index contributed by atoms with van der Waals surface area (Å²) in [5, 5.41) is 18.2. The third-order valence-electron chi connectivity index (χ3n) is 4.37. The molecule has 94 valence electrons. The Morgan fingerprint density at radius 1 is 1.24 bits per heavy atom. The largest absolute Gasteiger partial charge is 0.480 e. The maximum absolute atomic E-state index is 11.1. The molecule has 0 unspecified atom stereocenters. The maximum atomic E-state index is 11.1. The van der Waals surface area contributed by atoms with E-state index in [4.69, 9.17) is 10.4 Å². The third-order valence-corrected chi connectivity index (χ3v) is 4.37. The van der Waals surface area contributed by atoms with Crippen molar-refractivity contribution >= 4 is 5.97 Å². The molecule has 1 N–H and O–H groups in total. The average molecular weight is 236 g/mol. The van der Waals surface area contributed by atoms with Crippen LogP contribution in [0.2, 0.25) is 0 Å². The predicted octanol–water partition coefficient (Wildman–Crippen LogP) is 2.01. The number of carbonyl (C=O) groups is 1. The number of hydrogen-bond donors (Lipinski definition) is 1. The van der Waals surface area contributed by atoms with Gasteiger partial charge in [-0.05, 0) is 25.7 Å². The maximum Gasteiger partial charge on any atom is 0.324 e. The Balaban J connectivity index is 1.93. The lowest BCUT2D eigenvalue weighted by Gasteiger charge is -2.40. The van der Waals surface area contributed by atoms with Crippen LogP contribution in [0, 0.1) is 16.7 Å². The summed E-state index contributed by atoms with van der Waals surface area (Å²) >= 11 is 0. The molecule has 2 rings (SSSR count). The molecule has 1 saturated heterocycles. The Morgan fingerprint density at radius 2 is 1.82 bits per heavy atom. The molecule has 1 saturated carbocycles. The van der Waals surface area contributed by atoms with E-state index in [-0.39, 0.29) is 0 Å². The van der Waals surface area contributed by atoms with Crippen molar-refractivity contribution in [3.63, 3.8) is 0 Å². The molecule has 0 radical (unpaired) electrons. The molecule has 4 heteroatoms. The van der Waals surface area contributed by atoms with Crippen molar-refractivity contribution in [2.24, 2.45) is 5.41 Å². The Kier molecular flexibility index (Phi) is 3.68. The van der Waals surface area contributed by atoms with Crippen molar-refractivity contribution in [2.45, 2.75) is 51.0 Å². The van der Waals surface area contributed by atoms with E-state index in [1.807, 2.05) is 6.07 Å². The van der Waals surface area contributed by atoms with E-state index in [0.29, 0.717) is 18.9 Å². The van der Waals surface area contributed by atoms with Gasteiger partial charge >= 0.3 is 5.97 Å². The Morgan fingerprint density at radius 3 is 2.29 bits per heavy atom. The van der Waals surface area contributed by atoms with Gasteiger partial charge in [-0.3, -0.25) is 4.79 Å². The average Bonchev–Trinajstić information content (AvgIpc) is 2.39. The second-order valence-electron chi connectivity index (χ2n) is 5.33. The fourth-order valence-electron chi connectivity index (χ4n) is 3.09.